The summed E-state index contributed by atoms with van der Waals surface area (Å²) in [7, 11) is 0. The van der Waals surface area contributed by atoms with Gasteiger partial charge in [-0.15, -0.1) is 0 Å². The van der Waals surface area contributed by atoms with Crippen LogP contribution in [0.5, 0.6) is 0 Å². The molecule has 3 rings (SSSR count). The van der Waals surface area contributed by atoms with Gasteiger partial charge in [-0.1, -0.05) is 23.7 Å². The van der Waals surface area contributed by atoms with Crippen molar-refractivity contribution in [3.8, 4) is 0 Å². The standard InChI is InChI=1S/C20H18BrClN2O4/c1-12-3-2-4-15(7-12)24-10-13(8-19(24)26)20(27)28-11-18(25)23-14-5-6-16(21)17(22)9-14/h2-7,9,13H,8,10-11H2,1H3,(H,23,25)/t13-/m1/s1. The molecule has 2 aromatic rings. The highest BCUT2D eigenvalue weighted by Gasteiger charge is 2.36. The summed E-state index contributed by atoms with van der Waals surface area (Å²) in [6.07, 6.45) is 0.0662. The fraction of sp³-hybridized carbons (Fsp3) is 0.250. The van der Waals surface area contributed by atoms with Crippen LogP contribution in [0, 0.1) is 12.8 Å². The molecule has 0 unspecified atom stereocenters. The van der Waals surface area contributed by atoms with Crippen LogP contribution < -0.4 is 10.2 Å². The topological polar surface area (TPSA) is 75.7 Å². The number of ether oxygens (including phenoxy) is 1. The lowest BCUT2D eigenvalue weighted by atomic mass is 10.1. The molecule has 1 saturated heterocycles. The zero-order valence-electron chi connectivity index (χ0n) is 15.1. The first-order chi connectivity index (χ1) is 13.3. The molecule has 0 aliphatic carbocycles. The number of hydrogen-bond acceptors (Lipinski definition) is 4. The Hall–Kier alpha value is -2.38. The Morgan fingerprint density at radius 2 is 2.07 bits per heavy atom. The first-order valence-corrected chi connectivity index (χ1v) is 9.79. The van der Waals surface area contributed by atoms with E-state index in [1.165, 1.54) is 0 Å². The highest BCUT2D eigenvalue weighted by molar-refractivity contribution is 9.10. The van der Waals surface area contributed by atoms with Crippen molar-refractivity contribution in [1.29, 1.82) is 0 Å². The van der Waals surface area contributed by atoms with Crippen LogP contribution in [0.1, 0.15) is 12.0 Å². The van der Waals surface area contributed by atoms with Crippen molar-refractivity contribution < 1.29 is 19.1 Å². The number of nitrogens with zero attached hydrogens (tertiary/aromatic N) is 1. The fourth-order valence-electron chi connectivity index (χ4n) is 2.94. The molecule has 146 valence electrons. The summed E-state index contributed by atoms with van der Waals surface area (Å²) in [4.78, 5) is 38.1. The van der Waals surface area contributed by atoms with Crippen LogP contribution in [-0.2, 0) is 19.1 Å². The summed E-state index contributed by atoms with van der Waals surface area (Å²) in [6.45, 7) is 1.75. The Morgan fingerprint density at radius 3 is 2.79 bits per heavy atom. The van der Waals surface area contributed by atoms with Gasteiger partial charge >= 0.3 is 5.97 Å². The SMILES string of the molecule is Cc1cccc(N2C[C@H](C(=O)OCC(=O)Nc3ccc(Br)c(Cl)c3)CC2=O)c1. The van der Waals surface area contributed by atoms with E-state index in [1.807, 2.05) is 31.2 Å². The predicted octanol–water partition coefficient (Wildman–Crippen LogP) is 3.95. The second kappa shape index (κ2) is 8.75. The maximum atomic E-state index is 12.3. The van der Waals surface area contributed by atoms with E-state index in [-0.39, 0.29) is 18.9 Å². The first kappa shape index (κ1) is 20.4. The van der Waals surface area contributed by atoms with Gasteiger partial charge in [0.1, 0.15) is 0 Å². The maximum Gasteiger partial charge on any atom is 0.311 e. The van der Waals surface area contributed by atoms with Gasteiger partial charge in [0.05, 0.1) is 10.9 Å². The predicted molar refractivity (Wildman–Crippen MR) is 110 cm³/mol. The molecule has 1 aliphatic heterocycles. The summed E-state index contributed by atoms with van der Waals surface area (Å²) in [5.41, 5.74) is 2.28. The molecule has 2 aromatic carbocycles. The molecule has 28 heavy (non-hydrogen) atoms. The molecule has 0 aromatic heterocycles. The molecule has 1 fully saturated rings. The molecular weight excluding hydrogens is 448 g/mol. The van der Waals surface area contributed by atoms with Crippen molar-refractivity contribution in [2.24, 2.45) is 5.92 Å². The van der Waals surface area contributed by atoms with E-state index in [9.17, 15) is 14.4 Å². The molecule has 0 saturated carbocycles. The zero-order chi connectivity index (χ0) is 20.3. The van der Waals surface area contributed by atoms with Crippen LogP contribution in [0.2, 0.25) is 5.02 Å². The molecule has 2 amide bonds. The number of amides is 2. The van der Waals surface area contributed by atoms with E-state index in [4.69, 9.17) is 16.3 Å². The number of rotatable bonds is 5. The van der Waals surface area contributed by atoms with E-state index in [1.54, 1.807) is 23.1 Å². The Bertz CT molecular complexity index is 934. The zero-order valence-corrected chi connectivity index (χ0v) is 17.4. The van der Waals surface area contributed by atoms with Crippen molar-refractivity contribution in [2.75, 3.05) is 23.4 Å². The van der Waals surface area contributed by atoms with Crippen molar-refractivity contribution in [3.05, 3.63) is 57.5 Å². The van der Waals surface area contributed by atoms with Crippen LogP contribution in [0.3, 0.4) is 0 Å². The van der Waals surface area contributed by atoms with E-state index < -0.39 is 24.4 Å². The average molecular weight is 466 g/mol. The van der Waals surface area contributed by atoms with Crippen LogP contribution in [0.4, 0.5) is 11.4 Å². The largest absolute Gasteiger partial charge is 0.455 e. The molecule has 1 atom stereocenters. The van der Waals surface area contributed by atoms with Crippen molar-refractivity contribution >= 4 is 56.7 Å². The molecule has 8 heteroatoms. The number of carbonyl (C=O) groups is 3. The average Bonchev–Trinajstić information content (AvgIpc) is 3.05. The van der Waals surface area contributed by atoms with Gasteiger partial charge in [-0.05, 0) is 58.7 Å². The maximum absolute atomic E-state index is 12.3. The Balaban J connectivity index is 1.53. The van der Waals surface area contributed by atoms with E-state index in [0.29, 0.717) is 15.2 Å². The normalized spacial score (nSPS) is 16.2. The molecule has 0 radical (unpaired) electrons. The number of anilines is 2. The van der Waals surface area contributed by atoms with E-state index in [0.717, 1.165) is 11.3 Å². The summed E-state index contributed by atoms with van der Waals surface area (Å²) in [6, 6.07) is 12.5. The fourth-order valence-corrected chi connectivity index (χ4v) is 3.36. The number of nitrogens with one attached hydrogen (secondary N) is 1. The molecule has 1 heterocycles. The minimum Gasteiger partial charge on any atom is -0.455 e. The van der Waals surface area contributed by atoms with Crippen molar-refractivity contribution in [1.82, 2.24) is 0 Å². The number of aryl methyl sites for hydroxylation is 1. The van der Waals surface area contributed by atoms with Gasteiger partial charge in [-0.3, -0.25) is 14.4 Å². The number of halogens is 2. The second-order valence-electron chi connectivity index (χ2n) is 6.53. The van der Waals surface area contributed by atoms with Crippen LogP contribution in [0.25, 0.3) is 0 Å². The second-order valence-corrected chi connectivity index (χ2v) is 7.79. The highest BCUT2D eigenvalue weighted by atomic mass is 79.9. The van der Waals surface area contributed by atoms with Gasteiger partial charge in [0.15, 0.2) is 6.61 Å². The summed E-state index contributed by atoms with van der Waals surface area (Å²) < 4.78 is 5.81. The third-order valence-electron chi connectivity index (χ3n) is 4.32. The third-order valence-corrected chi connectivity index (χ3v) is 5.55. The Morgan fingerprint density at radius 1 is 1.29 bits per heavy atom. The number of carbonyl (C=O) groups excluding carboxylic acids is 3. The minimum atomic E-state index is -0.595. The van der Waals surface area contributed by atoms with Gasteiger partial charge < -0.3 is 15.0 Å². The number of hydrogen-bond donors (Lipinski definition) is 1. The van der Waals surface area contributed by atoms with Gasteiger partial charge in [0.25, 0.3) is 5.91 Å². The quantitative estimate of drug-likeness (QED) is 0.679. The van der Waals surface area contributed by atoms with E-state index in [2.05, 4.69) is 21.2 Å². The molecule has 1 aliphatic rings. The summed E-state index contributed by atoms with van der Waals surface area (Å²) in [5.74, 6) is -1.77. The molecule has 0 bridgehead atoms. The first-order valence-electron chi connectivity index (χ1n) is 8.62. The van der Waals surface area contributed by atoms with Gasteiger partial charge in [0, 0.05) is 28.8 Å². The molecule has 0 spiro atoms. The molecule has 6 nitrogen and oxygen atoms in total. The Kier molecular flexibility index (Phi) is 6.36. The summed E-state index contributed by atoms with van der Waals surface area (Å²) in [5, 5.41) is 3.06. The molecular formula is C20H18BrClN2O4. The lowest BCUT2D eigenvalue weighted by Crippen LogP contribution is -2.28. The monoisotopic (exact) mass is 464 g/mol. The van der Waals surface area contributed by atoms with Crippen LogP contribution in [0.15, 0.2) is 46.9 Å². The lowest BCUT2D eigenvalue weighted by molar-refractivity contribution is -0.151. The minimum absolute atomic E-state index is 0.0662. The lowest BCUT2D eigenvalue weighted by Gasteiger charge is -2.17. The summed E-state index contributed by atoms with van der Waals surface area (Å²) >= 11 is 9.25. The van der Waals surface area contributed by atoms with Gasteiger partial charge in [-0.2, -0.15) is 0 Å². The van der Waals surface area contributed by atoms with Crippen LogP contribution >= 0.6 is 27.5 Å². The number of benzene rings is 2. The number of esters is 1. The van der Waals surface area contributed by atoms with Crippen molar-refractivity contribution in [3.63, 3.8) is 0 Å². The van der Waals surface area contributed by atoms with Gasteiger partial charge in [-0.25, -0.2) is 0 Å². The Labute approximate surface area is 175 Å². The highest BCUT2D eigenvalue weighted by Crippen LogP contribution is 2.27. The third kappa shape index (κ3) is 4.91. The molecule has 1 N–H and O–H groups in total. The van der Waals surface area contributed by atoms with Crippen molar-refractivity contribution in [2.45, 2.75) is 13.3 Å². The van der Waals surface area contributed by atoms with E-state index >= 15 is 0 Å². The smallest absolute Gasteiger partial charge is 0.311 e. The van der Waals surface area contributed by atoms with Crippen LogP contribution in [-0.4, -0.2) is 30.9 Å². The van der Waals surface area contributed by atoms with Gasteiger partial charge in [0.2, 0.25) is 5.91 Å².